The van der Waals surface area contributed by atoms with Crippen LogP contribution in [0, 0.1) is 5.92 Å². The van der Waals surface area contributed by atoms with Crippen molar-refractivity contribution in [2.24, 2.45) is 5.92 Å². The molecule has 7 nitrogen and oxygen atoms in total. The summed E-state index contributed by atoms with van der Waals surface area (Å²) in [5, 5.41) is 17.1. The summed E-state index contributed by atoms with van der Waals surface area (Å²) in [4.78, 5) is 21.1. The Balaban J connectivity index is 1.45. The van der Waals surface area contributed by atoms with E-state index < -0.39 is 5.97 Å². The van der Waals surface area contributed by atoms with E-state index in [9.17, 15) is 9.90 Å². The average molecular weight is 486 g/mol. The van der Waals surface area contributed by atoms with Crippen molar-refractivity contribution in [3.8, 4) is 11.1 Å². The molecule has 2 aliphatic rings. The number of aromatic nitrogens is 4. The lowest BCUT2D eigenvalue weighted by atomic mass is 9.77. The lowest BCUT2D eigenvalue weighted by molar-refractivity contribution is -0.138. The van der Waals surface area contributed by atoms with E-state index in [1.807, 2.05) is 30.6 Å². The molecule has 1 fully saturated rings. The number of carbonyl (C=O) groups is 1. The summed E-state index contributed by atoms with van der Waals surface area (Å²) in [6.07, 6.45) is 9.83. The van der Waals surface area contributed by atoms with Crippen LogP contribution in [0.5, 0.6) is 0 Å². The molecule has 1 aromatic carbocycles. The first kappa shape index (κ1) is 22.1. The summed E-state index contributed by atoms with van der Waals surface area (Å²) in [6, 6.07) is 10.2. The number of nitrogens with two attached hydrogens (primary N) is 1. The molecule has 3 N–H and O–H groups in total. The fourth-order valence-corrected chi connectivity index (χ4v) is 6.49. The molecule has 8 heteroatoms. The summed E-state index contributed by atoms with van der Waals surface area (Å²) < 4.78 is 1.77. The lowest BCUT2D eigenvalue weighted by Gasteiger charge is -2.30. The third-order valence-electron chi connectivity index (χ3n) is 7.40. The first-order valence-electron chi connectivity index (χ1n) is 12.1. The highest BCUT2D eigenvalue weighted by Gasteiger charge is 2.31. The highest BCUT2D eigenvalue weighted by Crippen LogP contribution is 2.44. The van der Waals surface area contributed by atoms with Crippen molar-refractivity contribution in [3.63, 3.8) is 0 Å². The molecule has 4 heterocycles. The standard InChI is InChI=1S/C27H27N5O2S/c28-26-24(19-9-10-35-15-19)25(17-7-5-16(6-8-17)11-23(33)34)31-27-21(14-30-32(26)27)20-12-18-3-1-2-4-22(18)29-13-20/h1-4,9-10,12-14,16-17,19H,5-8,11,15,28H2,(H,33,34). The van der Waals surface area contributed by atoms with Crippen LogP contribution < -0.4 is 5.73 Å². The second-order valence-corrected chi connectivity index (χ2v) is 10.5. The van der Waals surface area contributed by atoms with Gasteiger partial charge in [0.25, 0.3) is 0 Å². The molecule has 35 heavy (non-hydrogen) atoms. The van der Waals surface area contributed by atoms with E-state index in [0.29, 0.717) is 5.82 Å². The first-order chi connectivity index (χ1) is 17.1. The van der Waals surface area contributed by atoms with E-state index in [2.05, 4.69) is 33.7 Å². The quantitative estimate of drug-likeness (QED) is 0.378. The third-order valence-corrected chi connectivity index (χ3v) is 8.30. The van der Waals surface area contributed by atoms with Crippen LogP contribution in [0.3, 0.4) is 0 Å². The van der Waals surface area contributed by atoms with Crippen LogP contribution in [-0.4, -0.2) is 36.4 Å². The van der Waals surface area contributed by atoms with Crippen LogP contribution in [0.15, 0.2) is 54.2 Å². The van der Waals surface area contributed by atoms with E-state index in [-0.39, 0.29) is 24.2 Å². The fourth-order valence-electron chi connectivity index (χ4n) is 5.59. The lowest BCUT2D eigenvalue weighted by Crippen LogP contribution is -2.21. The van der Waals surface area contributed by atoms with E-state index in [0.717, 1.165) is 70.4 Å². The Bertz CT molecular complexity index is 1460. The molecular formula is C27H27N5O2S. The van der Waals surface area contributed by atoms with Gasteiger partial charge in [-0.2, -0.15) is 9.61 Å². The van der Waals surface area contributed by atoms with Gasteiger partial charge < -0.3 is 10.8 Å². The number of benzene rings is 1. The number of fused-ring (bicyclic) bond motifs is 2. The minimum Gasteiger partial charge on any atom is -0.481 e. The second-order valence-electron chi connectivity index (χ2n) is 9.59. The molecule has 1 aliphatic heterocycles. The van der Waals surface area contributed by atoms with Gasteiger partial charge in [0.2, 0.25) is 0 Å². The number of allylic oxidation sites excluding steroid dienone is 1. The number of para-hydroxylation sites is 1. The van der Waals surface area contributed by atoms with Crippen LogP contribution in [0.1, 0.15) is 55.2 Å². The minimum atomic E-state index is -0.709. The largest absolute Gasteiger partial charge is 0.481 e. The summed E-state index contributed by atoms with van der Waals surface area (Å²) in [5.74, 6) is 1.59. The van der Waals surface area contributed by atoms with Crippen molar-refractivity contribution in [1.29, 1.82) is 0 Å². The van der Waals surface area contributed by atoms with Crippen molar-refractivity contribution in [2.45, 2.75) is 43.9 Å². The van der Waals surface area contributed by atoms with Gasteiger partial charge in [-0.15, -0.1) is 11.8 Å². The van der Waals surface area contributed by atoms with Crippen LogP contribution in [0.4, 0.5) is 5.82 Å². The maximum absolute atomic E-state index is 11.2. The maximum atomic E-state index is 11.2. The number of pyridine rings is 1. The molecule has 4 aromatic rings. The van der Waals surface area contributed by atoms with E-state index in [1.165, 1.54) is 0 Å². The molecule has 0 amide bonds. The molecule has 0 saturated heterocycles. The average Bonchev–Trinajstić information content (AvgIpc) is 3.54. The zero-order valence-electron chi connectivity index (χ0n) is 19.3. The highest BCUT2D eigenvalue weighted by atomic mass is 32.2. The van der Waals surface area contributed by atoms with Gasteiger partial charge in [-0.3, -0.25) is 9.78 Å². The van der Waals surface area contributed by atoms with Gasteiger partial charge in [-0.1, -0.05) is 24.3 Å². The van der Waals surface area contributed by atoms with Gasteiger partial charge in [0.15, 0.2) is 5.65 Å². The van der Waals surface area contributed by atoms with Gasteiger partial charge in [0, 0.05) is 52.3 Å². The molecule has 0 bridgehead atoms. The minimum absolute atomic E-state index is 0.207. The van der Waals surface area contributed by atoms with Crippen molar-refractivity contribution >= 4 is 40.1 Å². The topological polar surface area (TPSA) is 106 Å². The van der Waals surface area contributed by atoms with Gasteiger partial charge in [-0.25, -0.2) is 4.98 Å². The zero-order valence-corrected chi connectivity index (χ0v) is 20.1. The summed E-state index contributed by atoms with van der Waals surface area (Å²) in [5.41, 5.74) is 12.5. The molecule has 1 saturated carbocycles. The molecule has 178 valence electrons. The molecule has 0 radical (unpaired) electrons. The number of aliphatic carboxylic acids is 1. The number of nitrogen functional groups attached to an aromatic ring is 1. The summed E-state index contributed by atoms with van der Waals surface area (Å²) >= 11 is 1.79. The predicted molar refractivity (Wildman–Crippen MR) is 139 cm³/mol. The van der Waals surface area contributed by atoms with E-state index >= 15 is 0 Å². The second kappa shape index (κ2) is 9.00. The Morgan fingerprint density at radius 2 is 2.00 bits per heavy atom. The molecule has 1 aliphatic carbocycles. The van der Waals surface area contributed by atoms with E-state index in [4.69, 9.17) is 10.7 Å². The number of carboxylic acids is 1. The maximum Gasteiger partial charge on any atom is 0.303 e. The number of hydrogen-bond donors (Lipinski definition) is 2. The SMILES string of the molecule is Nc1c(C2C=CSC2)c(C2CCC(CC(=O)O)CC2)nc2c(-c3cnc4ccccc4c3)cnn12. The molecule has 6 rings (SSSR count). The van der Waals surface area contributed by atoms with Gasteiger partial charge in [-0.05, 0) is 49.1 Å². The summed E-state index contributed by atoms with van der Waals surface area (Å²) in [7, 11) is 0. The Morgan fingerprint density at radius 3 is 2.77 bits per heavy atom. The van der Waals surface area contributed by atoms with Crippen LogP contribution in [0.25, 0.3) is 27.7 Å². The molecule has 3 aromatic heterocycles. The number of carboxylic acid groups (broad SMARTS) is 1. The number of thioether (sulfide) groups is 1. The van der Waals surface area contributed by atoms with Crippen LogP contribution in [-0.2, 0) is 4.79 Å². The van der Waals surface area contributed by atoms with Gasteiger partial charge >= 0.3 is 5.97 Å². The Kier molecular flexibility index (Phi) is 5.68. The smallest absolute Gasteiger partial charge is 0.303 e. The number of anilines is 1. The van der Waals surface area contributed by atoms with Crippen molar-refractivity contribution in [3.05, 3.63) is 65.5 Å². The van der Waals surface area contributed by atoms with Crippen LogP contribution >= 0.6 is 11.8 Å². The van der Waals surface area contributed by atoms with Gasteiger partial charge in [0.05, 0.1) is 17.4 Å². The number of hydrogen-bond acceptors (Lipinski definition) is 6. The molecule has 1 unspecified atom stereocenters. The Labute approximate surface area is 207 Å². The Hall–Kier alpha value is -3.39. The number of nitrogens with zero attached hydrogens (tertiary/aromatic N) is 4. The normalized spacial score (nSPS) is 22.2. The molecular weight excluding hydrogens is 458 g/mol. The van der Waals surface area contributed by atoms with E-state index in [1.54, 1.807) is 16.3 Å². The number of rotatable bonds is 5. The monoisotopic (exact) mass is 485 g/mol. The highest BCUT2D eigenvalue weighted by molar-refractivity contribution is 8.02. The van der Waals surface area contributed by atoms with Gasteiger partial charge in [0.1, 0.15) is 5.82 Å². The predicted octanol–water partition coefficient (Wildman–Crippen LogP) is 5.62. The molecule has 0 spiro atoms. The van der Waals surface area contributed by atoms with Crippen molar-refractivity contribution < 1.29 is 9.90 Å². The third kappa shape index (κ3) is 4.05. The summed E-state index contributed by atoms with van der Waals surface area (Å²) in [6.45, 7) is 0. The first-order valence-corrected chi connectivity index (χ1v) is 13.2. The van der Waals surface area contributed by atoms with Crippen LogP contribution in [0.2, 0.25) is 0 Å². The van der Waals surface area contributed by atoms with Crippen molar-refractivity contribution in [2.75, 3.05) is 11.5 Å². The zero-order chi connectivity index (χ0) is 23.9. The Morgan fingerprint density at radius 1 is 1.17 bits per heavy atom. The van der Waals surface area contributed by atoms with Crippen molar-refractivity contribution in [1.82, 2.24) is 19.6 Å². The fraction of sp³-hybridized carbons (Fsp3) is 0.333. The molecule has 1 atom stereocenters.